The molecule has 0 unspecified atom stereocenters. The highest BCUT2D eigenvalue weighted by atomic mass is 16.1. The number of piperazine rings is 1. The average molecular weight is 294 g/mol. The molecule has 3 rings (SSSR count). The van der Waals surface area contributed by atoms with Crippen LogP contribution in [0.4, 0.5) is 0 Å². The molecule has 0 spiro atoms. The lowest BCUT2D eigenvalue weighted by Gasteiger charge is -2.27. The van der Waals surface area contributed by atoms with Crippen LogP contribution in [0.25, 0.3) is 0 Å². The molecular formula is C19H22N2O. The summed E-state index contributed by atoms with van der Waals surface area (Å²) in [5.74, 6) is 0.122. The van der Waals surface area contributed by atoms with Crippen molar-refractivity contribution in [3.63, 3.8) is 0 Å². The highest BCUT2D eigenvalue weighted by Crippen LogP contribution is 2.15. The van der Waals surface area contributed by atoms with Gasteiger partial charge in [-0.25, -0.2) is 0 Å². The van der Waals surface area contributed by atoms with Crippen molar-refractivity contribution >= 4 is 5.78 Å². The Bertz CT molecular complexity index is 618. The molecule has 1 N–H and O–H groups in total. The predicted molar refractivity (Wildman–Crippen MR) is 89.3 cm³/mol. The van der Waals surface area contributed by atoms with E-state index in [0.717, 1.165) is 55.8 Å². The van der Waals surface area contributed by atoms with E-state index >= 15 is 0 Å². The van der Waals surface area contributed by atoms with Gasteiger partial charge in [-0.15, -0.1) is 0 Å². The smallest absolute Gasteiger partial charge is 0.193 e. The summed E-state index contributed by atoms with van der Waals surface area (Å²) >= 11 is 0. The molecule has 3 heteroatoms. The van der Waals surface area contributed by atoms with Crippen LogP contribution in [-0.4, -0.2) is 43.4 Å². The first-order valence-electron chi connectivity index (χ1n) is 7.95. The minimum atomic E-state index is 0.122. The van der Waals surface area contributed by atoms with Gasteiger partial charge >= 0.3 is 0 Å². The van der Waals surface area contributed by atoms with E-state index in [9.17, 15) is 4.79 Å². The summed E-state index contributed by atoms with van der Waals surface area (Å²) in [6, 6.07) is 17.5. The first-order valence-corrected chi connectivity index (χ1v) is 7.95. The van der Waals surface area contributed by atoms with Crippen LogP contribution in [0.15, 0.2) is 54.6 Å². The van der Waals surface area contributed by atoms with Gasteiger partial charge in [-0.3, -0.25) is 4.79 Å². The van der Waals surface area contributed by atoms with Crippen LogP contribution in [0.5, 0.6) is 0 Å². The predicted octanol–water partition coefficient (Wildman–Crippen LogP) is 2.37. The lowest BCUT2D eigenvalue weighted by atomic mass is 9.96. The van der Waals surface area contributed by atoms with E-state index in [-0.39, 0.29) is 5.78 Å². The Morgan fingerprint density at radius 1 is 0.955 bits per heavy atom. The first kappa shape index (κ1) is 14.9. The summed E-state index contributed by atoms with van der Waals surface area (Å²) < 4.78 is 0. The fourth-order valence-electron chi connectivity index (χ4n) is 2.92. The van der Waals surface area contributed by atoms with Crippen molar-refractivity contribution in [2.45, 2.75) is 6.42 Å². The Hall–Kier alpha value is -1.97. The van der Waals surface area contributed by atoms with Crippen molar-refractivity contribution < 1.29 is 4.79 Å². The maximum Gasteiger partial charge on any atom is 0.193 e. The van der Waals surface area contributed by atoms with Crippen LogP contribution in [0.1, 0.15) is 21.5 Å². The summed E-state index contributed by atoms with van der Waals surface area (Å²) in [5.41, 5.74) is 2.75. The van der Waals surface area contributed by atoms with Crippen LogP contribution < -0.4 is 5.32 Å². The van der Waals surface area contributed by atoms with Crippen LogP contribution in [-0.2, 0) is 6.42 Å². The third kappa shape index (κ3) is 3.62. The fraction of sp³-hybridized carbons (Fsp3) is 0.316. The third-order valence-corrected chi connectivity index (χ3v) is 4.20. The first-order chi connectivity index (χ1) is 10.8. The quantitative estimate of drug-likeness (QED) is 0.859. The minimum Gasteiger partial charge on any atom is -0.314 e. The lowest BCUT2D eigenvalue weighted by Crippen LogP contribution is -2.44. The van der Waals surface area contributed by atoms with Crippen molar-refractivity contribution in [2.75, 3.05) is 32.7 Å². The molecule has 1 heterocycles. The van der Waals surface area contributed by atoms with Gasteiger partial charge in [-0.2, -0.15) is 0 Å². The number of nitrogens with one attached hydrogen (secondary N) is 1. The Morgan fingerprint density at radius 3 is 2.41 bits per heavy atom. The number of hydrogen-bond donors (Lipinski definition) is 1. The molecule has 0 bridgehead atoms. The molecule has 1 saturated heterocycles. The molecule has 1 fully saturated rings. The number of carbonyl (C=O) groups excluding carboxylic acids is 1. The van der Waals surface area contributed by atoms with Crippen LogP contribution >= 0.6 is 0 Å². The number of benzene rings is 2. The van der Waals surface area contributed by atoms with Crippen LogP contribution in [0.3, 0.4) is 0 Å². The molecule has 0 aromatic heterocycles. The molecule has 0 radical (unpaired) electrons. The summed E-state index contributed by atoms with van der Waals surface area (Å²) in [7, 11) is 0. The van der Waals surface area contributed by atoms with E-state index in [1.54, 1.807) is 0 Å². The maximum absolute atomic E-state index is 12.7. The van der Waals surface area contributed by atoms with E-state index in [4.69, 9.17) is 0 Å². The molecule has 0 aliphatic carbocycles. The number of rotatable bonds is 5. The van der Waals surface area contributed by atoms with E-state index in [1.165, 1.54) is 0 Å². The van der Waals surface area contributed by atoms with Gasteiger partial charge < -0.3 is 10.2 Å². The highest BCUT2D eigenvalue weighted by molar-refractivity contribution is 6.09. The second kappa shape index (κ2) is 7.34. The topological polar surface area (TPSA) is 32.3 Å². The standard InChI is InChI=1S/C19H22N2O/c22-19(17-7-2-1-3-8-17)18-9-5-4-6-16(18)10-13-21-14-11-20-12-15-21/h1-9,20H,10-15H2. The molecule has 2 aromatic carbocycles. The zero-order valence-electron chi connectivity index (χ0n) is 12.8. The molecule has 0 atom stereocenters. The monoisotopic (exact) mass is 294 g/mol. The molecular weight excluding hydrogens is 272 g/mol. The zero-order chi connectivity index (χ0) is 15.2. The molecule has 3 nitrogen and oxygen atoms in total. The molecule has 0 saturated carbocycles. The summed E-state index contributed by atoms with van der Waals surface area (Å²) in [6.45, 7) is 5.32. The number of carbonyl (C=O) groups is 1. The van der Waals surface area contributed by atoms with Crippen LogP contribution in [0, 0.1) is 0 Å². The molecule has 1 aliphatic heterocycles. The normalized spacial score (nSPS) is 15.6. The Balaban J connectivity index is 1.73. The van der Waals surface area contributed by atoms with Gasteiger partial charge in [0, 0.05) is 43.9 Å². The van der Waals surface area contributed by atoms with Crippen molar-refractivity contribution in [1.29, 1.82) is 0 Å². The van der Waals surface area contributed by atoms with E-state index < -0.39 is 0 Å². The van der Waals surface area contributed by atoms with Gasteiger partial charge in [-0.05, 0) is 12.0 Å². The van der Waals surface area contributed by atoms with Crippen molar-refractivity contribution in [3.05, 3.63) is 71.3 Å². The number of ketones is 1. The maximum atomic E-state index is 12.7. The molecule has 114 valence electrons. The van der Waals surface area contributed by atoms with Crippen molar-refractivity contribution in [2.24, 2.45) is 0 Å². The average Bonchev–Trinajstić information content (AvgIpc) is 2.61. The molecule has 22 heavy (non-hydrogen) atoms. The fourth-order valence-corrected chi connectivity index (χ4v) is 2.92. The lowest BCUT2D eigenvalue weighted by molar-refractivity contribution is 0.103. The number of hydrogen-bond acceptors (Lipinski definition) is 3. The van der Waals surface area contributed by atoms with Crippen molar-refractivity contribution in [1.82, 2.24) is 10.2 Å². The van der Waals surface area contributed by atoms with Gasteiger partial charge in [0.25, 0.3) is 0 Å². The highest BCUT2D eigenvalue weighted by Gasteiger charge is 2.14. The van der Waals surface area contributed by atoms with Gasteiger partial charge in [0.1, 0.15) is 0 Å². The largest absolute Gasteiger partial charge is 0.314 e. The Labute approximate surface area is 132 Å². The van der Waals surface area contributed by atoms with Gasteiger partial charge in [-0.1, -0.05) is 54.6 Å². The molecule has 1 aliphatic rings. The Kier molecular flexibility index (Phi) is 4.99. The second-order valence-corrected chi connectivity index (χ2v) is 5.69. The summed E-state index contributed by atoms with van der Waals surface area (Å²) in [4.78, 5) is 15.2. The number of nitrogens with zero attached hydrogens (tertiary/aromatic N) is 1. The SMILES string of the molecule is O=C(c1ccccc1)c1ccccc1CCN1CCNCC1. The summed E-state index contributed by atoms with van der Waals surface area (Å²) in [5, 5.41) is 3.37. The van der Waals surface area contributed by atoms with Gasteiger partial charge in [0.15, 0.2) is 5.78 Å². The second-order valence-electron chi connectivity index (χ2n) is 5.69. The van der Waals surface area contributed by atoms with Gasteiger partial charge in [0.2, 0.25) is 0 Å². The van der Waals surface area contributed by atoms with Gasteiger partial charge in [0.05, 0.1) is 0 Å². The third-order valence-electron chi connectivity index (χ3n) is 4.20. The Morgan fingerprint density at radius 2 is 1.64 bits per heavy atom. The molecule has 0 amide bonds. The van der Waals surface area contributed by atoms with E-state index in [1.807, 2.05) is 48.5 Å². The van der Waals surface area contributed by atoms with E-state index in [0.29, 0.717) is 0 Å². The van der Waals surface area contributed by atoms with E-state index in [2.05, 4.69) is 16.3 Å². The summed E-state index contributed by atoms with van der Waals surface area (Å²) in [6.07, 6.45) is 0.925. The minimum absolute atomic E-state index is 0.122. The molecule has 2 aromatic rings. The van der Waals surface area contributed by atoms with Crippen LogP contribution in [0.2, 0.25) is 0 Å². The zero-order valence-corrected chi connectivity index (χ0v) is 12.8. The van der Waals surface area contributed by atoms with Crippen molar-refractivity contribution in [3.8, 4) is 0 Å².